The van der Waals surface area contributed by atoms with E-state index >= 15 is 0 Å². The summed E-state index contributed by atoms with van der Waals surface area (Å²) in [5, 5.41) is 10.7. The quantitative estimate of drug-likeness (QED) is 0.916. The minimum Gasteiger partial charge on any atom is -0.496 e. The summed E-state index contributed by atoms with van der Waals surface area (Å²) < 4.78 is 6.17. The van der Waals surface area contributed by atoms with Crippen LogP contribution in [0.2, 0.25) is 0 Å². The van der Waals surface area contributed by atoms with E-state index in [0.717, 1.165) is 41.5 Å². The normalized spacial score (nSPS) is 26.3. The van der Waals surface area contributed by atoms with Crippen LogP contribution in [-0.2, 0) is 6.42 Å². The molecule has 1 atom stereocenters. The second-order valence-corrected chi connectivity index (χ2v) is 7.07. The van der Waals surface area contributed by atoms with Crippen molar-refractivity contribution in [2.24, 2.45) is 5.41 Å². The lowest BCUT2D eigenvalue weighted by Gasteiger charge is -2.25. The van der Waals surface area contributed by atoms with Gasteiger partial charge in [-0.25, -0.2) is 0 Å². The van der Waals surface area contributed by atoms with E-state index in [-0.39, 0.29) is 5.41 Å². The predicted molar refractivity (Wildman–Crippen MR) is 77.0 cm³/mol. The molecule has 1 aliphatic carbocycles. The smallest absolute Gasteiger partial charge is 0.133 e. The number of halogens is 1. The van der Waals surface area contributed by atoms with Gasteiger partial charge < -0.3 is 9.84 Å². The maximum atomic E-state index is 10.7. The van der Waals surface area contributed by atoms with Gasteiger partial charge in [-0.3, -0.25) is 0 Å². The lowest BCUT2D eigenvalue weighted by Crippen LogP contribution is -2.29. The predicted octanol–water partition coefficient (Wildman–Crippen LogP) is 3.94. The fourth-order valence-corrected chi connectivity index (χ4v) is 3.58. The fraction of sp³-hybridized carbons (Fsp3) is 0.600. The van der Waals surface area contributed by atoms with Crippen LogP contribution in [0.25, 0.3) is 0 Å². The third-order valence-corrected chi connectivity index (χ3v) is 4.44. The summed E-state index contributed by atoms with van der Waals surface area (Å²) >= 11 is 3.49. The van der Waals surface area contributed by atoms with E-state index < -0.39 is 5.60 Å². The number of methoxy groups -OCH3 is 1. The van der Waals surface area contributed by atoms with Crippen LogP contribution >= 0.6 is 15.9 Å². The van der Waals surface area contributed by atoms with E-state index in [9.17, 15) is 5.11 Å². The number of hydrogen-bond donors (Lipinski definition) is 1. The Kier molecular flexibility index (Phi) is 3.75. The molecule has 1 fully saturated rings. The molecule has 0 aliphatic heterocycles. The number of hydrogen-bond acceptors (Lipinski definition) is 2. The summed E-state index contributed by atoms with van der Waals surface area (Å²) in [5.74, 6) is 0.831. The van der Waals surface area contributed by atoms with Gasteiger partial charge in [-0.2, -0.15) is 0 Å². The highest BCUT2D eigenvalue weighted by atomic mass is 79.9. The molecule has 0 aromatic heterocycles. The molecular formula is C15H21BrO2. The zero-order valence-electron chi connectivity index (χ0n) is 11.3. The minimum atomic E-state index is -0.544. The molecule has 1 aromatic carbocycles. The summed E-state index contributed by atoms with van der Waals surface area (Å²) in [5.41, 5.74) is 0.874. The zero-order valence-corrected chi connectivity index (χ0v) is 12.9. The van der Waals surface area contributed by atoms with Gasteiger partial charge in [0.1, 0.15) is 5.75 Å². The van der Waals surface area contributed by atoms with Gasteiger partial charge in [-0.15, -0.1) is 0 Å². The maximum absolute atomic E-state index is 10.7. The van der Waals surface area contributed by atoms with Gasteiger partial charge in [0.05, 0.1) is 17.2 Å². The van der Waals surface area contributed by atoms with Gasteiger partial charge in [0.25, 0.3) is 0 Å². The van der Waals surface area contributed by atoms with E-state index in [1.807, 2.05) is 18.2 Å². The molecule has 100 valence electrons. The average Bonchev–Trinajstić information content (AvgIpc) is 2.53. The molecule has 0 heterocycles. The molecular weight excluding hydrogens is 292 g/mol. The molecule has 0 bridgehead atoms. The van der Waals surface area contributed by atoms with Crippen LogP contribution in [0.3, 0.4) is 0 Å². The van der Waals surface area contributed by atoms with Gasteiger partial charge in [0, 0.05) is 6.42 Å². The van der Waals surface area contributed by atoms with Crippen molar-refractivity contribution in [2.75, 3.05) is 7.11 Å². The number of aliphatic hydroxyl groups is 1. The fourth-order valence-electron chi connectivity index (χ4n) is 2.99. The standard InChI is InChI=1S/C15H21BrO2/c1-14(2)6-7-15(17,10-14)9-11-4-5-13(18-3)12(16)8-11/h4-5,8,17H,6-7,9-10H2,1-3H3. The monoisotopic (exact) mass is 312 g/mol. The third kappa shape index (κ3) is 3.07. The Balaban J connectivity index is 2.12. The first-order chi connectivity index (χ1) is 8.34. The third-order valence-electron chi connectivity index (χ3n) is 3.82. The second kappa shape index (κ2) is 4.86. The van der Waals surface area contributed by atoms with E-state index in [4.69, 9.17) is 4.74 Å². The largest absolute Gasteiger partial charge is 0.496 e. The van der Waals surface area contributed by atoms with Gasteiger partial charge in [0.2, 0.25) is 0 Å². The summed E-state index contributed by atoms with van der Waals surface area (Å²) in [6.45, 7) is 4.46. The van der Waals surface area contributed by atoms with E-state index in [1.165, 1.54) is 0 Å². The molecule has 3 heteroatoms. The Labute approximate surface area is 117 Å². The molecule has 0 amide bonds. The van der Waals surface area contributed by atoms with E-state index in [2.05, 4.69) is 29.8 Å². The first-order valence-corrected chi connectivity index (χ1v) is 7.18. The van der Waals surface area contributed by atoms with Crippen LogP contribution < -0.4 is 4.74 Å². The summed E-state index contributed by atoms with van der Waals surface area (Å²) in [4.78, 5) is 0. The van der Waals surface area contributed by atoms with Crippen molar-refractivity contribution in [3.8, 4) is 5.75 Å². The SMILES string of the molecule is COc1ccc(CC2(O)CCC(C)(C)C2)cc1Br. The molecule has 18 heavy (non-hydrogen) atoms. The summed E-state index contributed by atoms with van der Waals surface area (Å²) in [6.07, 6.45) is 3.59. The highest BCUT2D eigenvalue weighted by molar-refractivity contribution is 9.10. The van der Waals surface area contributed by atoms with Crippen LogP contribution in [0, 0.1) is 5.41 Å². The Hall–Kier alpha value is -0.540. The topological polar surface area (TPSA) is 29.5 Å². The second-order valence-electron chi connectivity index (χ2n) is 6.21. The molecule has 0 saturated heterocycles. The van der Waals surface area contributed by atoms with Crippen molar-refractivity contribution in [1.82, 2.24) is 0 Å². The molecule has 1 N–H and O–H groups in total. The van der Waals surface area contributed by atoms with Crippen LogP contribution in [0.1, 0.15) is 38.7 Å². The number of rotatable bonds is 3. The van der Waals surface area contributed by atoms with Crippen molar-refractivity contribution in [1.29, 1.82) is 0 Å². The highest BCUT2D eigenvalue weighted by Crippen LogP contribution is 2.45. The molecule has 2 nitrogen and oxygen atoms in total. The average molecular weight is 313 g/mol. The molecule has 1 aromatic rings. The van der Waals surface area contributed by atoms with E-state index in [1.54, 1.807) is 7.11 Å². The lowest BCUT2D eigenvalue weighted by atomic mass is 9.86. The van der Waals surface area contributed by atoms with Crippen molar-refractivity contribution >= 4 is 15.9 Å². The van der Waals surface area contributed by atoms with E-state index in [0.29, 0.717) is 0 Å². The Morgan fingerprint density at radius 2 is 2.06 bits per heavy atom. The Morgan fingerprint density at radius 1 is 1.33 bits per heavy atom. The van der Waals surface area contributed by atoms with Crippen LogP contribution in [0.5, 0.6) is 5.75 Å². The van der Waals surface area contributed by atoms with Crippen LogP contribution in [0.4, 0.5) is 0 Å². The first kappa shape index (κ1) is 13.9. The van der Waals surface area contributed by atoms with Crippen molar-refractivity contribution in [3.05, 3.63) is 28.2 Å². The maximum Gasteiger partial charge on any atom is 0.133 e. The molecule has 1 saturated carbocycles. The number of ether oxygens (including phenoxy) is 1. The van der Waals surface area contributed by atoms with Gasteiger partial charge in [-0.05, 0) is 58.3 Å². The minimum absolute atomic E-state index is 0.262. The van der Waals surface area contributed by atoms with Crippen molar-refractivity contribution in [2.45, 2.75) is 45.1 Å². The van der Waals surface area contributed by atoms with Crippen LogP contribution in [0.15, 0.2) is 22.7 Å². The lowest BCUT2D eigenvalue weighted by molar-refractivity contribution is 0.0378. The van der Waals surface area contributed by atoms with Crippen molar-refractivity contribution < 1.29 is 9.84 Å². The van der Waals surface area contributed by atoms with Gasteiger partial charge in [-0.1, -0.05) is 19.9 Å². The number of benzene rings is 1. The summed E-state index contributed by atoms with van der Waals surface area (Å²) in [6, 6.07) is 6.03. The molecule has 1 unspecified atom stereocenters. The van der Waals surface area contributed by atoms with Gasteiger partial charge in [0.15, 0.2) is 0 Å². The Bertz CT molecular complexity index is 442. The molecule has 2 rings (SSSR count). The summed E-state index contributed by atoms with van der Waals surface area (Å²) in [7, 11) is 1.66. The van der Waals surface area contributed by atoms with Gasteiger partial charge >= 0.3 is 0 Å². The first-order valence-electron chi connectivity index (χ1n) is 6.38. The highest BCUT2D eigenvalue weighted by Gasteiger charge is 2.41. The van der Waals surface area contributed by atoms with Crippen LogP contribution in [-0.4, -0.2) is 17.8 Å². The zero-order chi connectivity index (χ0) is 13.4. The molecule has 1 aliphatic rings. The van der Waals surface area contributed by atoms with Crippen molar-refractivity contribution in [3.63, 3.8) is 0 Å². The molecule has 0 spiro atoms. The molecule has 0 radical (unpaired) electrons. The Morgan fingerprint density at radius 3 is 2.56 bits per heavy atom.